The third-order valence-electron chi connectivity index (χ3n) is 2.85. The highest BCUT2D eigenvalue weighted by Gasteiger charge is 2.09. The summed E-state index contributed by atoms with van der Waals surface area (Å²) in [5.41, 5.74) is 2.77. The Kier molecular flexibility index (Phi) is 3.28. The molecular weight excluding hydrogens is 214 g/mol. The zero-order chi connectivity index (χ0) is 12.3. The molecule has 3 nitrogen and oxygen atoms in total. The minimum Gasteiger partial charge on any atom is -0.469 e. The lowest BCUT2D eigenvalue weighted by molar-refractivity contribution is 0.112. The van der Waals surface area contributed by atoms with Gasteiger partial charge in [0.2, 0.25) is 0 Å². The molecule has 2 aromatic rings. The summed E-state index contributed by atoms with van der Waals surface area (Å²) in [5.74, 6) is 0.917. The summed E-state index contributed by atoms with van der Waals surface area (Å²) in [6.45, 7) is 2.67. The molecule has 88 valence electrons. The molecule has 1 aromatic heterocycles. The highest BCUT2D eigenvalue weighted by atomic mass is 16.3. The van der Waals surface area contributed by atoms with Gasteiger partial charge in [-0.05, 0) is 25.1 Å². The summed E-state index contributed by atoms with van der Waals surface area (Å²) in [6.07, 6.45) is 2.57. The standard InChI is InChI=1S/C14H15NO2/c1-11-12(7-8-17-11)9-15(2)14-6-4-3-5-13(14)10-16/h3-8,10H,9H2,1-2H3. The number of anilines is 1. The molecule has 17 heavy (non-hydrogen) atoms. The quantitative estimate of drug-likeness (QED) is 0.755. The van der Waals surface area contributed by atoms with Crippen molar-refractivity contribution in [2.24, 2.45) is 0 Å². The van der Waals surface area contributed by atoms with Crippen molar-refractivity contribution in [3.05, 3.63) is 53.5 Å². The van der Waals surface area contributed by atoms with Crippen LogP contribution in [0.5, 0.6) is 0 Å². The molecule has 1 heterocycles. The lowest BCUT2D eigenvalue weighted by atomic mass is 10.1. The van der Waals surface area contributed by atoms with E-state index in [1.54, 1.807) is 6.26 Å². The monoisotopic (exact) mass is 229 g/mol. The molecule has 0 amide bonds. The smallest absolute Gasteiger partial charge is 0.152 e. The lowest BCUT2D eigenvalue weighted by Gasteiger charge is -2.20. The zero-order valence-corrected chi connectivity index (χ0v) is 10.0. The van der Waals surface area contributed by atoms with Crippen LogP contribution < -0.4 is 4.90 Å². The van der Waals surface area contributed by atoms with Gasteiger partial charge in [0, 0.05) is 30.4 Å². The van der Waals surface area contributed by atoms with Gasteiger partial charge >= 0.3 is 0 Å². The van der Waals surface area contributed by atoms with Crippen LogP contribution in [0.25, 0.3) is 0 Å². The highest BCUT2D eigenvalue weighted by molar-refractivity contribution is 5.84. The average Bonchev–Trinajstić information content (AvgIpc) is 2.75. The van der Waals surface area contributed by atoms with Crippen molar-refractivity contribution in [1.82, 2.24) is 0 Å². The van der Waals surface area contributed by atoms with Crippen molar-refractivity contribution in [1.29, 1.82) is 0 Å². The molecule has 0 aliphatic rings. The van der Waals surface area contributed by atoms with Gasteiger partial charge in [-0.2, -0.15) is 0 Å². The van der Waals surface area contributed by atoms with Crippen molar-refractivity contribution < 1.29 is 9.21 Å². The average molecular weight is 229 g/mol. The molecule has 0 spiro atoms. The van der Waals surface area contributed by atoms with E-state index < -0.39 is 0 Å². The van der Waals surface area contributed by atoms with E-state index >= 15 is 0 Å². The minimum atomic E-state index is 0.705. The number of aldehydes is 1. The number of carbonyl (C=O) groups is 1. The third kappa shape index (κ3) is 2.38. The second-order valence-corrected chi connectivity index (χ2v) is 4.03. The summed E-state index contributed by atoms with van der Waals surface area (Å²) >= 11 is 0. The van der Waals surface area contributed by atoms with Gasteiger partial charge in [-0.3, -0.25) is 4.79 Å². The van der Waals surface area contributed by atoms with Crippen molar-refractivity contribution in [2.45, 2.75) is 13.5 Å². The van der Waals surface area contributed by atoms with E-state index in [4.69, 9.17) is 4.42 Å². The first-order valence-electron chi connectivity index (χ1n) is 5.50. The second-order valence-electron chi connectivity index (χ2n) is 4.03. The van der Waals surface area contributed by atoms with Crippen LogP contribution in [0.15, 0.2) is 41.0 Å². The van der Waals surface area contributed by atoms with Crippen LogP contribution in [0, 0.1) is 6.92 Å². The molecule has 0 aliphatic carbocycles. The Labute approximate surface area is 101 Å². The van der Waals surface area contributed by atoms with Crippen LogP contribution in [0.2, 0.25) is 0 Å². The molecule has 2 rings (SSSR count). The van der Waals surface area contributed by atoms with Crippen LogP contribution in [0.3, 0.4) is 0 Å². The van der Waals surface area contributed by atoms with E-state index in [1.807, 2.05) is 49.2 Å². The zero-order valence-electron chi connectivity index (χ0n) is 10.0. The molecule has 0 aliphatic heterocycles. The molecule has 0 fully saturated rings. The molecule has 0 radical (unpaired) electrons. The van der Waals surface area contributed by atoms with Crippen LogP contribution in [0.1, 0.15) is 21.7 Å². The van der Waals surface area contributed by atoms with Crippen molar-refractivity contribution in [3.63, 3.8) is 0 Å². The SMILES string of the molecule is Cc1occc1CN(C)c1ccccc1C=O. The number of rotatable bonds is 4. The van der Waals surface area contributed by atoms with Gasteiger partial charge in [0.15, 0.2) is 6.29 Å². The van der Waals surface area contributed by atoms with Gasteiger partial charge in [0.05, 0.1) is 6.26 Å². The lowest BCUT2D eigenvalue weighted by Crippen LogP contribution is -2.17. The Hall–Kier alpha value is -2.03. The number of hydrogen-bond donors (Lipinski definition) is 0. The minimum absolute atomic E-state index is 0.705. The Bertz CT molecular complexity index is 516. The van der Waals surface area contributed by atoms with Crippen molar-refractivity contribution in [2.75, 3.05) is 11.9 Å². The van der Waals surface area contributed by atoms with E-state index in [-0.39, 0.29) is 0 Å². The molecule has 0 saturated heterocycles. The molecule has 0 N–H and O–H groups in total. The fourth-order valence-electron chi connectivity index (χ4n) is 1.85. The first-order chi connectivity index (χ1) is 8.22. The number of para-hydroxylation sites is 1. The first kappa shape index (κ1) is 11.5. The second kappa shape index (κ2) is 4.87. The van der Waals surface area contributed by atoms with Gasteiger partial charge in [-0.15, -0.1) is 0 Å². The number of furan rings is 1. The van der Waals surface area contributed by atoms with Crippen molar-refractivity contribution >= 4 is 12.0 Å². The van der Waals surface area contributed by atoms with Crippen LogP contribution in [-0.4, -0.2) is 13.3 Å². The van der Waals surface area contributed by atoms with E-state index in [9.17, 15) is 4.79 Å². The van der Waals surface area contributed by atoms with Crippen LogP contribution in [0.4, 0.5) is 5.69 Å². The molecular formula is C14H15NO2. The maximum absolute atomic E-state index is 11.0. The Morgan fingerprint density at radius 2 is 2.06 bits per heavy atom. The predicted molar refractivity (Wildman–Crippen MR) is 67.4 cm³/mol. The Balaban J connectivity index is 2.23. The molecule has 0 bridgehead atoms. The summed E-state index contributed by atoms with van der Waals surface area (Å²) in [5, 5.41) is 0. The first-order valence-corrected chi connectivity index (χ1v) is 5.50. The molecule has 0 saturated carbocycles. The fourth-order valence-corrected chi connectivity index (χ4v) is 1.85. The van der Waals surface area contributed by atoms with Gasteiger partial charge in [0.25, 0.3) is 0 Å². The molecule has 3 heteroatoms. The molecule has 1 aromatic carbocycles. The van der Waals surface area contributed by atoms with Gasteiger partial charge in [0.1, 0.15) is 5.76 Å². The summed E-state index contributed by atoms with van der Waals surface area (Å²) < 4.78 is 5.26. The number of benzene rings is 1. The van der Waals surface area contributed by atoms with E-state index in [1.165, 1.54) is 0 Å². The van der Waals surface area contributed by atoms with E-state index in [2.05, 4.69) is 0 Å². The number of hydrogen-bond acceptors (Lipinski definition) is 3. The normalized spacial score (nSPS) is 10.2. The maximum atomic E-state index is 11.0. The third-order valence-corrected chi connectivity index (χ3v) is 2.85. The van der Waals surface area contributed by atoms with Gasteiger partial charge in [-0.25, -0.2) is 0 Å². The summed E-state index contributed by atoms with van der Waals surface area (Å²) in [6, 6.07) is 9.51. The molecule has 0 unspecified atom stereocenters. The van der Waals surface area contributed by atoms with Gasteiger partial charge < -0.3 is 9.32 Å². The van der Waals surface area contributed by atoms with Crippen molar-refractivity contribution in [3.8, 4) is 0 Å². The van der Waals surface area contributed by atoms with E-state index in [0.29, 0.717) is 5.56 Å². The van der Waals surface area contributed by atoms with Gasteiger partial charge in [-0.1, -0.05) is 12.1 Å². The summed E-state index contributed by atoms with van der Waals surface area (Å²) in [7, 11) is 1.97. The number of carbonyl (C=O) groups excluding carboxylic acids is 1. The summed E-state index contributed by atoms with van der Waals surface area (Å²) in [4.78, 5) is 13.0. The fraction of sp³-hybridized carbons (Fsp3) is 0.214. The Morgan fingerprint density at radius 3 is 2.71 bits per heavy atom. The number of aryl methyl sites for hydroxylation is 1. The number of nitrogens with zero attached hydrogens (tertiary/aromatic N) is 1. The highest BCUT2D eigenvalue weighted by Crippen LogP contribution is 2.20. The van der Waals surface area contributed by atoms with E-state index in [0.717, 1.165) is 29.8 Å². The predicted octanol–water partition coefficient (Wildman–Crippen LogP) is 3.04. The molecule has 0 atom stereocenters. The van der Waals surface area contributed by atoms with Crippen LogP contribution in [-0.2, 0) is 6.54 Å². The maximum Gasteiger partial charge on any atom is 0.152 e. The topological polar surface area (TPSA) is 33.5 Å². The largest absolute Gasteiger partial charge is 0.469 e. The Morgan fingerprint density at radius 1 is 1.29 bits per heavy atom. The van der Waals surface area contributed by atoms with Crippen LogP contribution >= 0.6 is 0 Å².